The lowest BCUT2D eigenvalue weighted by Gasteiger charge is -2.35. The highest BCUT2D eigenvalue weighted by Crippen LogP contribution is 2.21. The average molecular weight is 411 g/mol. The largest absolute Gasteiger partial charge is 0.369 e. The molecule has 0 bridgehead atoms. The third-order valence-electron chi connectivity index (χ3n) is 5.15. The van der Waals surface area contributed by atoms with Crippen LogP contribution in [0.4, 0.5) is 11.4 Å². The van der Waals surface area contributed by atoms with Gasteiger partial charge in [-0.2, -0.15) is 5.10 Å². The van der Waals surface area contributed by atoms with E-state index in [1.165, 1.54) is 0 Å². The lowest BCUT2D eigenvalue weighted by Crippen LogP contribution is -2.47. The molecule has 1 aliphatic heterocycles. The van der Waals surface area contributed by atoms with Crippen LogP contribution in [0.5, 0.6) is 0 Å². The molecule has 0 saturated carbocycles. The number of piperazine rings is 1. The molecule has 3 aromatic rings. The van der Waals surface area contributed by atoms with Crippen molar-refractivity contribution in [2.45, 2.75) is 13.6 Å². The van der Waals surface area contributed by atoms with Gasteiger partial charge < -0.3 is 4.90 Å². The molecule has 0 N–H and O–H groups in total. The molecule has 1 fully saturated rings. The van der Waals surface area contributed by atoms with Crippen LogP contribution in [0, 0.1) is 21.8 Å². The number of benzene rings is 2. The number of rotatable bonds is 5. The van der Waals surface area contributed by atoms with Crippen molar-refractivity contribution in [2.24, 2.45) is 0 Å². The van der Waals surface area contributed by atoms with Gasteiger partial charge in [0.1, 0.15) is 5.82 Å². The molecule has 0 spiro atoms. The first-order chi connectivity index (χ1) is 14.0. The maximum absolute atomic E-state index is 10.8. The molecule has 0 atom stereocenters. The van der Waals surface area contributed by atoms with E-state index in [1.807, 2.05) is 58.6 Å². The molecule has 2 aromatic carbocycles. The van der Waals surface area contributed by atoms with Crippen molar-refractivity contribution in [1.29, 1.82) is 0 Å². The number of para-hydroxylation sites is 1. The molecule has 9 heteroatoms. The van der Waals surface area contributed by atoms with Crippen molar-refractivity contribution in [1.82, 2.24) is 19.2 Å². The summed E-state index contributed by atoms with van der Waals surface area (Å²) in [6, 6.07) is 16.8. The zero-order valence-corrected chi connectivity index (χ0v) is 17.0. The molecule has 29 heavy (non-hydrogen) atoms. The topological polar surface area (TPSA) is 72.4 Å². The Morgan fingerprint density at radius 2 is 1.66 bits per heavy atom. The second-order valence-corrected chi connectivity index (χ2v) is 7.39. The van der Waals surface area contributed by atoms with Crippen LogP contribution in [0.2, 0.25) is 0 Å². The van der Waals surface area contributed by atoms with Crippen molar-refractivity contribution in [3.8, 4) is 5.69 Å². The SMILES string of the molecule is Cc1nn(CN2CCN(c3ccc([N+](=O)[O-])cc3)CC2)c(=S)n1-c1ccccc1. The molecule has 0 aliphatic carbocycles. The number of nitro benzene ring substituents is 1. The summed E-state index contributed by atoms with van der Waals surface area (Å²) in [6.07, 6.45) is 0. The Morgan fingerprint density at radius 1 is 1.00 bits per heavy atom. The Morgan fingerprint density at radius 3 is 2.28 bits per heavy atom. The van der Waals surface area contributed by atoms with Gasteiger partial charge in [0.15, 0.2) is 0 Å². The minimum Gasteiger partial charge on any atom is -0.369 e. The fourth-order valence-corrected chi connectivity index (χ4v) is 3.94. The number of non-ortho nitro benzene ring substituents is 1. The molecular weight excluding hydrogens is 388 g/mol. The normalized spacial score (nSPS) is 14.9. The summed E-state index contributed by atoms with van der Waals surface area (Å²) in [5.74, 6) is 0.866. The van der Waals surface area contributed by atoms with Crippen LogP contribution >= 0.6 is 12.2 Å². The lowest BCUT2D eigenvalue weighted by molar-refractivity contribution is -0.384. The highest BCUT2D eigenvalue weighted by molar-refractivity contribution is 7.71. The summed E-state index contributed by atoms with van der Waals surface area (Å²) in [5.41, 5.74) is 2.14. The number of aromatic nitrogens is 3. The maximum Gasteiger partial charge on any atom is 0.269 e. The zero-order valence-electron chi connectivity index (χ0n) is 16.1. The second kappa shape index (κ2) is 8.14. The fourth-order valence-electron chi connectivity index (χ4n) is 3.60. The molecule has 0 amide bonds. The molecule has 1 saturated heterocycles. The summed E-state index contributed by atoms with van der Waals surface area (Å²) in [7, 11) is 0. The minimum atomic E-state index is -0.373. The van der Waals surface area contributed by atoms with E-state index in [2.05, 4.69) is 14.9 Å². The predicted octanol–water partition coefficient (Wildman–Crippen LogP) is 3.40. The van der Waals surface area contributed by atoms with Crippen LogP contribution in [0.15, 0.2) is 54.6 Å². The molecular formula is C20H22N6O2S. The Hall–Kier alpha value is -3.04. The van der Waals surface area contributed by atoms with Crippen LogP contribution in [-0.2, 0) is 6.67 Å². The highest BCUT2D eigenvalue weighted by Gasteiger charge is 2.19. The lowest BCUT2D eigenvalue weighted by atomic mass is 10.2. The van der Waals surface area contributed by atoms with E-state index in [0.29, 0.717) is 11.4 Å². The van der Waals surface area contributed by atoms with Crippen LogP contribution in [0.25, 0.3) is 5.69 Å². The minimum absolute atomic E-state index is 0.117. The monoisotopic (exact) mass is 410 g/mol. The Bertz CT molecular complexity index is 1050. The van der Waals surface area contributed by atoms with E-state index in [9.17, 15) is 10.1 Å². The molecule has 4 rings (SSSR count). The van der Waals surface area contributed by atoms with Gasteiger partial charge in [0.05, 0.1) is 11.6 Å². The highest BCUT2D eigenvalue weighted by atomic mass is 32.1. The number of hydrogen-bond donors (Lipinski definition) is 0. The van der Waals surface area contributed by atoms with Gasteiger partial charge in [-0.05, 0) is 43.4 Å². The molecule has 2 heterocycles. The van der Waals surface area contributed by atoms with Crippen molar-refractivity contribution < 1.29 is 4.92 Å². The van der Waals surface area contributed by atoms with Crippen molar-refractivity contribution in [3.63, 3.8) is 0 Å². The average Bonchev–Trinajstić information content (AvgIpc) is 3.02. The molecule has 0 unspecified atom stereocenters. The third kappa shape index (κ3) is 4.06. The van der Waals surface area contributed by atoms with E-state index < -0.39 is 0 Å². The van der Waals surface area contributed by atoms with E-state index in [-0.39, 0.29) is 10.6 Å². The third-order valence-corrected chi connectivity index (χ3v) is 5.54. The van der Waals surface area contributed by atoms with Gasteiger partial charge in [0.2, 0.25) is 4.77 Å². The summed E-state index contributed by atoms with van der Waals surface area (Å²) < 4.78 is 4.55. The molecule has 150 valence electrons. The predicted molar refractivity (Wildman–Crippen MR) is 114 cm³/mol. The summed E-state index contributed by atoms with van der Waals surface area (Å²) in [6.45, 7) is 6.05. The van der Waals surface area contributed by atoms with Crippen LogP contribution in [-0.4, -0.2) is 50.3 Å². The van der Waals surface area contributed by atoms with E-state index in [4.69, 9.17) is 12.2 Å². The van der Waals surface area contributed by atoms with Gasteiger partial charge in [-0.3, -0.25) is 19.6 Å². The van der Waals surface area contributed by atoms with Gasteiger partial charge in [0, 0.05) is 49.7 Å². The number of nitro groups is 1. The fraction of sp³-hybridized carbons (Fsp3) is 0.300. The van der Waals surface area contributed by atoms with Gasteiger partial charge >= 0.3 is 0 Å². The first-order valence-electron chi connectivity index (χ1n) is 9.46. The van der Waals surface area contributed by atoms with Crippen LogP contribution in [0.3, 0.4) is 0 Å². The first-order valence-corrected chi connectivity index (χ1v) is 9.87. The standard InChI is InChI=1S/C20H22N6O2S/c1-16-21-24(20(29)25(16)18-5-3-2-4-6-18)15-22-11-13-23(14-12-22)17-7-9-19(10-8-17)26(27)28/h2-10H,11-15H2,1H3. The molecule has 0 radical (unpaired) electrons. The molecule has 1 aliphatic rings. The van der Waals surface area contributed by atoms with E-state index in [0.717, 1.165) is 43.4 Å². The number of anilines is 1. The Kier molecular flexibility index (Phi) is 5.41. The number of nitrogens with zero attached hydrogens (tertiary/aromatic N) is 6. The Balaban J connectivity index is 1.41. The molecule has 8 nitrogen and oxygen atoms in total. The summed E-state index contributed by atoms with van der Waals surface area (Å²) >= 11 is 5.67. The van der Waals surface area contributed by atoms with Gasteiger partial charge in [0.25, 0.3) is 5.69 Å². The van der Waals surface area contributed by atoms with Gasteiger partial charge in [-0.25, -0.2) is 4.68 Å². The van der Waals surface area contributed by atoms with Crippen molar-refractivity contribution in [2.75, 3.05) is 31.1 Å². The van der Waals surface area contributed by atoms with Crippen molar-refractivity contribution >= 4 is 23.6 Å². The number of hydrogen-bond acceptors (Lipinski definition) is 6. The van der Waals surface area contributed by atoms with E-state index in [1.54, 1.807) is 12.1 Å². The zero-order chi connectivity index (χ0) is 20.4. The smallest absolute Gasteiger partial charge is 0.269 e. The number of aryl methyl sites for hydroxylation is 1. The quantitative estimate of drug-likeness (QED) is 0.365. The summed E-state index contributed by atoms with van der Waals surface area (Å²) in [4.78, 5) is 15.0. The Labute approximate surface area is 173 Å². The molecule has 1 aromatic heterocycles. The maximum atomic E-state index is 10.8. The van der Waals surface area contributed by atoms with Gasteiger partial charge in [-0.1, -0.05) is 18.2 Å². The van der Waals surface area contributed by atoms with Crippen LogP contribution in [0.1, 0.15) is 5.82 Å². The van der Waals surface area contributed by atoms with E-state index >= 15 is 0 Å². The second-order valence-electron chi connectivity index (χ2n) is 7.02. The van der Waals surface area contributed by atoms with Gasteiger partial charge in [-0.15, -0.1) is 0 Å². The first kappa shape index (κ1) is 19.3. The van der Waals surface area contributed by atoms with Crippen molar-refractivity contribution in [3.05, 3.63) is 75.3 Å². The van der Waals surface area contributed by atoms with Crippen LogP contribution < -0.4 is 4.90 Å². The summed E-state index contributed by atoms with van der Waals surface area (Å²) in [5, 5.41) is 15.5.